The molecule has 27 heavy (non-hydrogen) atoms. The number of ether oxygens (including phenoxy) is 1. The first-order valence-electron chi connectivity index (χ1n) is 8.56. The van der Waals surface area contributed by atoms with Gasteiger partial charge in [0.2, 0.25) is 10.0 Å². The van der Waals surface area contributed by atoms with E-state index in [-0.39, 0.29) is 22.8 Å². The van der Waals surface area contributed by atoms with Crippen molar-refractivity contribution in [1.29, 1.82) is 0 Å². The predicted molar refractivity (Wildman–Crippen MR) is 107 cm³/mol. The highest BCUT2D eigenvalue weighted by Crippen LogP contribution is 2.25. The Balaban J connectivity index is 2.03. The maximum absolute atomic E-state index is 12.2. The van der Waals surface area contributed by atoms with E-state index in [0.717, 1.165) is 9.87 Å². The Hall–Kier alpha value is -2.38. The van der Waals surface area contributed by atoms with Crippen LogP contribution in [-0.4, -0.2) is 39.3 Å². The highest BCUT2D eigenvalue weighted by Gasteiger charge is 2.18. The molecule has 0 bridgehead atoms. The van der Waals surface area contributed by atoms with Gasteiger partial charge in [0.1, 0.15) is 5.75 Å². The zero-order chi connectivity index (χ0) is 20.2. The molecule has 2 rings (SSSR count). The number of hydrogen-bond acceptors (Lipinski definition) is 4. The minimum Gasteiger partial charge on any atom is -0.484 e. The SMILES string of the molecule is CN(C)S(=O)(=O)c1cccc(NC(=O)COc2cccc(C(C)(C)C)c2)c1. The lowest BCUT2D eigenvalue weighted by atomic mass is 9.87. The first kappa shape index (κ1) is 20.9. The van der Waals surface area contributed by atoms with Crippen LogP contribution in [0.25, 0.3) is 0 Å². The number of anilines is 1. The summed E-state index contributed by atoms with van der Waals surface area (Å²) in [4.78, 5) is 12.3. The summed E-state index contributed by atoms with van der Waals surface area (Å²) in [5.74, 6) is 0.247. The van der Waals surface area contributed by atoms with Gasteiger partial charge in [-0.1, -0.05) is 39.0 Å². The summed E-state index contributed by atoms with van der Waals surface area (Å²) in [6, 6.07) is 13.7. The summed E-state index contributed by atoms with van der Waals surface area (Å²) in [5, 5.41) is 2.66. The van der Waals surface area contributed by atoms with E-state index in [1.54, 1.807) is 18.2 Å². The van der Waals surface area contributed by atoms with Crippen molar-refractivity contribution in [2.24, 2.45) is 0 Å². The van der Waals surface area contributed by atoms with Gasteiger partial charge in [0.05, 0.1) is 4.90 Å². The molecule has 0 saturated carbocycles. The number of nitrogens with zero attached hydrogens (tertiary/aromatic N) is 1. The van der Waals surface area contributed by atoms with Crippen molar-refractivity contribution in [1.82, 2.24) is 4.31 Å². The minimum atomic E-state index is -3.56. The highest BCUT2D eigenvalue weighted by molar-refractivity contribution is 7.89. The van der Waals surface area contributed by atoms with Gasteiger partial charge in [-0.2, -0.15) is 0 Å². The van der Waals surface area contributed by atoms with Crippen LogP contribution in [0.2, 0.25) is 0 Å². The van der Waals surface area contributed by atoms with Crippen molar-refractivity contribution in [2.45, 2.75) is 31.1 Å². The fourth-order valence-electron chi connectivity index (χ4n) is 2.34. The Kier molecular flexibility index (Phi) is 6.28. The van der Waals surface area contributed by atoms with Crippen molar-refractivity contribution in [3.8, 4) is 5.75 Å². The second-order valence-electron chi connectivity index (χ2n) is 7.43. The number of hydrogen-bond donors (Lipinski definition) is 1. The molecule has 0 aromatic heterocycles. The molecule has 0 saturated heterocycles. The van der Waals surface area contributed by atoms with E-state index in [0.29, 0.717) is 11.4 Å². The van der Waals surface area contributed by atoms with Crippen LogP contribution in [0.5, 0.6) is 5.75 Å². The standard InChI is InChI=1S/C20H26N2O4S/c1-20(2,3)15-8-6-10-17(12-15)26-14-19(23)21-16-9-7-11-18(13-16)27(24,25)22(4)5/h6-13H,14H2,1-5H3,(H,21,23). The van der Waals surface area contributed by atoms with Crippen molar-refractivity contribution < 1.29 is 17.9 Å². The summed E-state index contributed by atoms with van der Waals surface area (Å²) >= 11 is 0. The van der Waals surface area contributed by atoms with Crippen molar-refractivity contribution in [3.05, 3.63) is 54.1 Å². The lowest BCUT2D eigenvalue weighted by molar-refractivity contribution is -0.118. The molecule has 0 aliphatic heterocycles. The first-order valence-corrected chi connectivity index (χ1v) is 10.00. The summed E-state index contributed by atoms with van der Waals surface area (Å²) in [7, 11) is -0.642. The third-order valence-corrected chi connectivity index (χ3v) is 5.78. The van der Waals surface area contributed by atoms with E-state index in [4.69, 9.17) is 4.74 Å². The van der Waals surface area contributed by atoms with Crippen LogP contribution < -0.4 is 10.1 Å². The van der Waals surface area contributed by atoms with Gasteiger partial charge in [0.15, 0.2) is 6.61 Å². The van der Waals surface area contributed by atoms with Gasteiger partial charge in [0.25, 0.3) is 5.91 Å². The number of rotatable bonds is 6. The van der Waals surface area contributed by atoms with Crippen LogP contribution in [0.15, 0.2) is 53.4 Å². The molecule has 0 aliphatic carbocycles. The molecular weight excluding hydrogens is 364 g/mol. The van der Waals surface area contributed by atoms with Crippen LogP contribution in [0, 0.1) is 0 Å². The Labute approximate surface area is 161 Å². The third-order valence-electron chi connectivity index (χ3n) is 3.97. The lowest BCUT2D eigenvalue weighted by Crippen LogP contribution is -2.23. The molecule has 0 unspecified atom stereocenters. The Morgan fingerprint density at radius 1 is 1.07 bits per heavy atom. The summed E-state index contributed by atoms with van der Waals surface area (Å²) in [5.41, 5.74) is 1.50. The molecule has 0 fully saturated rings. The molecule has 2 aromatic rings. The maximum Gasteiger partial charge on any atom is 0.262 e. The molecule has 1 amide bonds. The molecule has 6 nitrogen and oxygen atoms in total. The molecule has 0 spiro atoms. The maximum atomic E-state index is 12.2. The van der Waals surface area contributed by atoms with Crippen LogP contribution in [0.4, 0.5) is 5.69 Å². The van der Waals surface area contributed by atoms with Crippen LogP contribution in [0.3, 0.4) is 0 Å². The Bertz CT molecular complexity index is 916. The number of benzene rings is 2. The van der Waals surface area contributed by atoms with Crippen LogP contribution in [-0.2, 0) is 20.2 Å². The molecular formula is C20H26N2O4S. The summed E-state index contributed by atoms with van der Waals surface area (Å²) in [6.45, 7) is 6.15. The molecule has 7 heteroatoms. The summed E-state index contributed by atoms with van der Waals surface area (Å²) < 4.78 is 31.1. The van der Waals surface area contributed by atoms with Gasteiger partial charge in [-0.15, -0.1) is 0 Å². The zero-order valence-corrected chi connectivity index (χ0v) is 17.1. The number of amides is 1. The summed E-state index contributed by atoms with van der Waals surface area (Å²) in [6.07, 6.45) is 0. The van der Waals surface area contributed by atoms with Gasteiger partial charge < -0.3 is 10.1 Å². The Morgan fingerprint density at radius 2 is 1.74 bits per heavy atom. The quantitative estimate of drug-likeness (QED) is 0.821. The first-order chi connectivity index (χ1) is 12.5. The lowest BCUT2D eigenvalue weighted by Gasteiger charge is -2.19. The fourth-order valence-corrected chi connectivity index (χ4v) is 3.29. The van der Waals surface area contributed by atoms with E-state index >= 15 is 0 Å². The van der Waals surface area contributed by atoms with Crippen LogP contribution >= 0.6 is 0 Å². The third kappa shape index (κ3) is 5.55. The van der Waals surface area contributed by atoms with E-state index < -0.39 is 10.0 Å². The molecule has 2 aromatic carbocycles. The van der Waals surface area contributed by atoms with E-state index in [9.17, 15) is 13.2 Å². The smallest absolute Gasteiger partial charge is 0.262 e. The second kappa shape index (κ2) is 8.10. The number of carbonyl (C=O) groups excluding carboxylic acids is 1. The van der Waals surface area contributed by atoms with E-state index in [1.165, 1.54) is 26.2 Å². The molecule has 146 valence electrons. The largest absolute Gasteiger partial charge is 0.484 e. The average molecular weight is 391 g/mol. The van der Waals surface area contributed by atoms with Crippen molar-refractivity contribution >= 4 is 21.6 Å². The van der Waals surface area contributed by atoms with Gasteiger partial charge in [-0.05, 0) is 41.3 Å². The van der Waals surface area contributed by atoms with E-state index in [2.05, 4.69) is 26.1 Å². The highest BCUT2D eigenvalue weighted by atomic mass is 32.2. The zero-order valence-electron chi connectivity index (χ0n) is 16.3. The Morgan fingerprint density at radius 3 is 2.37 bits per heavy atom. The van der Waals surface area contributed by atoms with Gasteiger partial charge in [-0.25, -0.2) is 12.7 Å². The average Bonchev–Trinajstić information content (AvgIpc) is 2.59. The topological polar surface area (TPSA) is 75.7 Å². The van der Waals surface area contributed by atoms with Gasteiger partial charge in [-0.3, -0.25) is 4.79 Å². The van der Waals surface area contributed by atoms with Crippen molar-refractivity contribution in [2.75, 3.05) is 26.0 Å². The van der Waals surface area contributed by atoms with Gasteiger partial charge >= 0.3 is 0 Å². The van der Waals surface area contributed by atoms with E-state index in [1.807, 2.05) is 18.2 Å². The normalized spacial score (nSPS) is 12.1. The van der Waals surface area contributed by atoms with Crippen LogP contribution in [0.1, 0.15) is 26.3 Å². The monoisotopic (exact) mass is 390 g/mol. The molecule has 1 N–H and O–H groups in total. The second-order valence-corrected chi connectivity index (χ2v) is 9.58. The predicted octanol–water partition coefficient (Wildman–Crippen LogP) is 3.25. The fraction of sp³-hybridized carbons (Fsp3) is 0.350. The molecule has 0 atom stereocenters. The molecule has 0 heterocycles. The number of sulfonamides is 1. The number of nitrogens with one attached hydrogen (secondary N) is 1. The molecule has 0 radical (unpaired) electrons. The van der Waals surface area contributed by atoms with Crippen molar-refractivity contribution in [3.63, 3.8) is 0 Å². The number of carbonyl (C=O) groups is 1. The molecule has 0 aliphatic rings. The van der Waals surface area contributed by atoms with Gasteiger partial charge in [0, 0.05) is 19.8 Å². The minimum absolute atomic E-state index is 0.0139.